The Morgan fingerprint density at radius 3 is 2.63 bits per heavy atom. The molecular weight excluding hydrogens is 573 g/mol. The minimum Gasteiger partial charge on any atom is -0.478 e. The maximum absolute atomic E-state index is 14.8. The molecule has 0 saturated carbocycles. The van der Waals surface area contributed by atoms with E-state index in [1.165, 1.54) is 6.07 Å². The van der Waals surface area contributed by atoms with Crippen LogP contribution in [0.5, 0.6) is 11.5 Å². The Morgan fingerprint density at radius 2 is 1.93 bits per heavy atom. The number of ether oxygens (including phenoxy) is 3. The van der Waals surface area contributed by atoms with Crippen LogP contribution in [0.1, 0.15) is 72.4 Å². The highest BCUT2D eigenvalue weighted by Gasteiger charge is 2.43. The number of hydrogen-bond acceptors (Lipinski definition) is 6. The number of para-hydroxylation sites is 1. The molecule has 2 saturated heterocycles. The molecule has 3 aliphatic rings. The van der Waals surface area contributed by atoms with Gasteiger partial charge < -0.3 is 23.9 Å². The topological polar surface area (TPSA) is 86.0 Å². The Bertz CT molecular complexity index is 1710. The number of fused-ring (bicyclic) bond motifs is 2. The van der Waals surface area contributed by atoms with Crippen LogP contribution in [0.25, 0.3) is 11.0 Å². The first kappa shape index (κ1) is 28.1. The first-order valence-corrected chi connectivity index (χ1v) is 15.1. The second-order valence-electron chi connectivity index (χ2n) is 11.8. The number of aromatic carboxylic acids is 1. The number of piperidine rings is 1. The number of rotatable bonds is 7. The number of carbonyl (C=O) groups is 1. The van der Waals surface area contributed by atoms with Gasteiger partial charge in [0.15, 0.2) is 11.5 Å². The number of imidazole rings is 1. The maximum atomic E-state index is 14.8. The summed E-state index contributed by atoms with van der Waals surface area (Å²) in [5, 5.41) is 9.90. The zero-order valence-corrected chi connectivity index (χ0v) is 24.8. The van der Waals surface area contributed by atoms with Gasteiger partial charge in [-0.05, 0) is 87.7 Å². The first-order valence-electron chi connectivity index (χ1n) is 14.8. The molecule has 4 aromatic rings. The molecule has 224 valence electrons. The summed E-state index contributed by atoms with van der Waals surface area (Å²) < 4.78 is 35.3. The predicted molar refractivity (Wildman–Crippen MR) is 159 cm³/mol. The number of carboxylic acids is 1. The van der Waals surface area contributed by atoms with Crippen molar-refractivity contribution in [3.63, 3.8) is 0 Å². The average Bonchev–Trinajstić information content (AvgIpc) is 3.51. The smallest absolute Gasteiger partial charge is 0.335 e. The summed E-state index contributed by atoms with van der Waals surface area (Å²) in [5.41, 5.74) is 3.23. The Kier molecular flexibility index (Phi) is 7.07. The predicted octanol–water partition coefficient (Wildman–Crippen LogP) is 6.90. The molecule has 0 aliphatic carbocycles. The largest absolute Gasteiger partial charge is 0.478 e. The van der Waals surface area contributed by atoms with Gasteiger partial charge >= 0.3 is 5.97 Å². The van der Waals surface area contributed by atoms with Crippen molar-refractivity contribution in [2.45, 2.75) is 63.5 Å². The third-order valence-corrected chi connectivity index (χ3v) is 9.36. The van der Waals surface area contributed by atoms with Crippen LogP contribution in [0.3, 0.4) is 0 Å². The number of hydrogen-bond donors (Lipinski definition) is 1. The normalized spacial score (nSPS) is 22.9. The van der Waals surface area contributed by atoms with Gasteiger partial charge in [0.05, 0.1) is 40.9 Å². The van der Waals surface area contributed by atoms with E-state index in [0.717, 1.165) is 61.4 Å². The lowest BCUT2D eigenvalue weighted by Crippen LogP contribution is -2.37. The fourth-order valence-corrected chi connectivity index (χ4v) is 6.77. The molecule has 1 N–H and O–H groups in total. The number of likely N-dealkylation sites (tertiary alicyclic amines) is 1. The summed E-state index contributed by atoms with van der Waals surface area (Å²) in [6.07, 6.45) is 2.90. The fourth-order valence-electron chi connectivity index (χ4n) is 6.62. The lowest BCUT2D eigenvalue weighted by Gasteiger charge is -2.37. The summed E-state index contributed by atoms with van der Waals surface area (Å²) in [4.78, 5) is 19.1. The van der Waals surface area contributed by atoms with Crippen LogP contribution in [0, 0.1) is 5.82 Å². The average molecular weight is 606 g/mol. The maximum Gasteiger partial charge on any atom is 0.335 e. The van der Waals surface area contributed by atoms with Gasteiger partial charge in [0.1, 0.15) is 11.6 Å². The molecule has 3 aliphatic heterocycles. The molecule has 1 aromatic heterocycles. The van der Waals surface area contributed by atoms with Crippen molar-refractivity contribution in [2.24, 2.45) is 0 Å². The van der Waals surface area contributed by atoms with Gasteiger partial charge in [-0.25, -0.2) is 14.2 Å². The van der Waals surface area contributed by atoms with Gasteiger partial charge in [-0.1, -0.05) is 23.7 Å². The van der Waals surface area contributed by atoms with Gasteiger partial charge in [-0.2, -0.15) is 0 Å². The summed E-state index contributed by atoms with van der Waals surface area (Å²) in [6, 6.07) is 15.6. The fraction of sp³-hybridized carbons (Fsp3) is 0.394. The minimum absolute atomic E-state index is 0.0268. The lowest BCUT2D eigenvalue weighted by atomic mass is 9.88. The van der Waals surface area contributed by atoms with Crippen molar-refractivity contribution >= 4 is 28.6 Å². The molecule has 10 heteroatoms. The van der Waals surface area contributed by atoms with E-state index < -0.39 is 17.6 Å². The molecule has 3 aromatic carbocycles. The summed E-state index contributed by atoms with van der Waals surface area (Å²) in [5.74, 6) is -0.261. The van der Waals surface area contributed by atoms with E-state index in [9.17, 15) is 14.3 Å². The highest BCUT2D eigenvalue weighted by molar-refractivity contribution is 6.30. The second kappa shape index (κ2) is 10.8. The van der Waals surface area contributed by atoms with Gasteiger partial charge in [0, 0.05) is 24.1 Å². The summed E-state index contributed by atoms with van der Waals surface area (Å²) >= 11 is 5.98. The van der Waals surface area contributed by atoms with E-state index in [2.05, 4.69) is 22.5 Å². The van der Waals surface area contributed by atoms with E-state index in [1.807, 2.05) is 12.1 Å². The lowest BCUT2D eigenvalue weighted by molar-refractivity contribution is -0.0712. The number of benzene rings is 3. The molecule has 2 fully saturated rings. The molecule has 0 radical (unpaired) electrons. The van der Waals surface area contributed by atoms with E-state index >= 15 is 0 Å². The van der Waals surface area contributed by atoms with Gasteiger partial charge in [-0.15, -0.1) is 0 Å². The van der Waals surface area contributed by atoms with Crippen molar-refractivity contribution in [1.82, 2.24) is 14.5 Å². The van der Waals surface area contributed by atoms with Crippen LogP contribution in [0.4, 0.5) is 4.39 Å². The van der Waals surface area contributed by atoms with Crippen molar-refractivity contribution < 1.29 is 28.5 Å². The summed E-state index contributed by atoms with van der Waals surface area (Å²) in [6.45, 7) is 7.00. The van der Waals surface area contributed by atoms with Crippen molar-refractivity contribution in [3.8, 4) is 11.5 Å². The molecule has 0 amide bonds. The van der Waals surface area contributed by atoms with Crippen LogP contribution >= 0.6 is 11.6 Å². The zero-order valence-electron chi connectivity index (χ0n) is 24.1. The molecule has 0 bridgehead atoms. The van der Waals surface area contributed by atoms with E-state index in [1.54, 1.807) is 37.3 Å². The Hall–Kier alpha value is -3.66. The van der Waals surface area contributed by atoms with Crippen LogP contribution in [-0.4, -0.2) is 51.3 Å². The van der Waals surface area contributed by atoms with Gasteiger partial charge in [0.25, 0.3) is 5.79 Å². The third-order valence-electron chi connectivity index (χ3n) is 9.13. The molecular formula is C33H33ClFN3O5. The quantitative estimate of drug-likeness (QED) is 0.245. The number of carboxylic acid groups (broad SMARTS) is 1. The highest BCUT2D eigenvalue weighted by Crippen LogP contribution is 2.50. The van der Waals surface area contributed by atoms with Gasteiger partial charge in [-0.3, -0.25) is 4.90 Å². The van der Waals surface area contributed by atoms with E-state index in [4.69, 9.17) is 30.8 Å². The standard InChI is InChI=1S/C33H33ClFN3O5/c1-19(31-36-27-9-6-21(32(39)40)16-28(27)38(31)18-23-12-15-41-23)37-13-10-20(11-14-37)24-4-3-5-29-30(24)43-33(2,42-29)25-8-7-22(34)17-26(25)35/h3-9,16-17,19-20,23H,10-15,18H2,1-2H3,(H,39,40)/t19?,23-,33+/m0/s1. The van der Waals surface area contributed by atoms with Crippen LogP contribution in [-0.2, 0) is 17.1 Å². The van der Waals surface area contributed by atoms with Crippen LogP contribution in [0.2, 0.25) is 5.02 Å². The molecule has 7 rings (SSSR count). The highest BCUT2D eigenvalue weighted by atomic mass is 35.5. The molecule has 1 unspecified atom stereocenters. The third kappa shape index (κ3) is 5.03. The van der Waals surface area contributed by atoms with Crippen molar-refractivity contribution in [1.29, 1.82) is 0 Å². The van der Waals surface area contributed by atoms with Crippen LogP contribution in [0.15, 0.2) is 54.6 Å². The molecule has 4 heterocycles. The number of nitrogens with zero attached hydrogens (tertiary/aromatic N) is 3. The molecule has 3 atom stereocenters. The number of halogens is 2. The van der Waals surface area contributed by atoms with Crippen LogP contribution < -0.4 is 9.47 Å². The van der Waals surface area contributed by atoms with E-state index in [-0.39, 0.29) is 23.6 Å². The number of aromatic nitrogens is 2. The Balaban J connectivity index is 1.10. The summed E-state index contributed by atoms with van der Waals surface area (Å²) in [7, 11) is 0. The minimum atomic E-state index is -1.29. The first-order chi connectivity index (χ1) is 20.7. The monoisotopic (exact) mass is 605 g/mol. The second-order valence-corrected chi connectivity index (χ2v) is 12.2. The molecule has 8 nitrogen and oxygen atoms in total. The van der Waals surface area contributed by atoms with Crippen molar-refractivity contribution in [3.05, 3.63) is 88.0 Å². The SMILES string of the molecule is CC(c1nc2ccc(C(=O)O)cc2n1C[C@@H]1CCO1)N1CCC(c2cccc3c2O[C@](C)(c2ccc(Cl)cc2F)O3)CC1. The van der Waals surface area contributed by atoms with E-state index in [0.29, 0.717) is 28.6 Å². The van der Waals surface area contributed by atoms with Gasteiger partial charge in [0.2, 0.25) is 0 Å². The Morgan fingerprint density at radius 1 is 1.14 bits per heavy atom. The Labute approximate surface area is 253 Å². The molecule has 43 heavy (non-hydrogen) atoms. The van der Waals surface area contributed by atoms with Crippen molar-refractivity contribution in [2.75, 3.05) is 19.7 Å². The zero-order chi connectivity index (χ0) is 29.9. The molecule has 0 spiro atoms.